The van der Waals surface area contributed by atoms with Crippen molar-refractivity contribution in [2.45, 2.75) is 26.3 Å². The lowest BCUT2D eigenvalue weighted by atomic mass is 10.1. The van der Waals surface area contributed by atoms with Gasteiger partial charge in [-0.05, 0) is 25.3 Å². The fourth-order valence-electron chi connectivity index (χ4n) is 1.62. The van der Waals surface area contributed by atoms with Crippen LogP contribution in [0.3, 0.4) is 0 Å². The van der Waals surface area contributed by atoms with Crippen LogP contribution < -0.4 is 5.56 Å². The van der Waals surface area contributed by atoms with Crippen LogP contribution in [0.15, 0.2) is 10.9 Å². The van der Waals surface area contributed by atoms with Crippen LogP contribution >= 0.6 is 0 Å². The van der Waals surface area contributed by atoms with E-state index in [2.05, 4.69) is 0 Å². The molecule has 0 saturated carbocycles. The van der Waals surface area contributed by atoms with E-state index in [9.17, 15) is 9.90 Å². The largest absolute Gasteiger partial charge is 0.494 e. The Labute approximate surface area is 99.9 Å². The zero-order valence-electron chi connectivity index (χ0n) is 10.1. The van der Waals surface area contributed by atoms with Crippen LogP contribution in [0.4, 0.5) is 0 Å². The minimum Gasteiger partial charge on any atom is -0.494 e. The molecule has 0 bridgehead atoms. The summed E-state index contributed by atoms with van der Waals surface area (Å²) >= 11 is 0. The van der Waals surface area contributed by atoms with Crippen molar-refractivity contribution in [3.05, 3.63) is 27.5 Å². The van der Waals surface area contributed by atoms with Gasteiger partial charge in [0.15, 0.2) is 5.88 Å². The Morgan fingerprint density at radius 3 is 2.82 bits per heavy atom. The number of nitriles is 1. The van der Waals surface area contributed by atoms with E-state index in [0.29, 0.717) is 18.7 Å². The maximum atomic E-state index is 11.9. The smallest absolute Gasteiger partial charge is 0.271 e. The maximum Gasteiger partial charge on any atom is 0.271 e. The molecular weight excluding hydrogens is 220 g/mol. The minimum atomic E-state index is -0.428. The first kappa shape index (κ1) is 13.3. The lowest BCUT2D eigenvalue weighted by Crippen LogP contribution is -2.23. The lowest BCUT2D eigenvalue weighted by Gasteiger charge is -2.09. The summed E-state index contributed by atoms with van der Waals surface area (Å²) in [7, 11) is 1.61. The summed E-state index contributed by atoms with van der Waals surface area (Å²) in [5, 5.41) is 18.5. The van der Waals surface area contributed by atoms with Gasteiger partial charge in [0, 0.05) is 26.3 Å². The van der Waals surface area contributed by atoms with E-state index in [0.717, 1.165) is 12.8 Å². The number of rotatable bonds is 5. The predicted octanol–water partition coefficient (Wildman–Crippen LogP) is 1.16. The van der Waals surface area contributed by atoms with Crippen LogP contribution in [0, 0.1) is 18.3 Å². The molecule has 5 nitrogen and oxygen atoms in total. The lowest BCUT2D eigenvalue weighted by molar-refractivity contribution is 0.190. The van der Waals surface area contributed by atoms with Crippen molar-refractivity contribution in [2.24, 2.45) is 0 Å². The van der Waals surface area contributed by atoms with Gasteiger partial charge in [-0.3, -0.25) is 9.36 Å². The third-order valence-corrected chi connectivity index (χ3v) is 2.57. The monoisotopic (exact) mass is 236 g/mol. The molecule has 0 aliphatic carbocycles. The number of hydrogen-bond donors (Lipinski definition) is 1. The molecule has 1 aromatic rings. The SMILES string of the molecule is COCCCCn1c(O)cc(C)c(C#N)c1=O. The summed E-state index contributed by atoms with van der Waals surface area (Å²) in [6.07, 6.45) is 1.52. The van der Waals surface area contributed by atoms with Gasteiger partial charge in [0.2, 0.25) is 0 Å². The second kappa shape index (κ2) is 6.06. The highest BCUT2D eigenvalue weighted by Crippen LogP contribution is 2.12. The van der Waals surface area contributed by atoms with E-state index in [4.69, 9.17) is 10.00 Å². The number of methoxy groups -OCH3 is 1. The van der Waals surface area contributed by atoms with Gasteiger partial charge in [-0.2, -0.15) is 5.26 Å². The number of unbranched alkanes of at least 4 members (excludes halogenated alkanes) is 1. The summed E-state index contributed by atoms with van der Waals surface area (Å²) in [5.41, 5.74) is 0.167. The normalized spacial score (nSPS) is 10.2. The quantitative estimate of drug-likeness (QED) is 0.778. The molecule has 92 valence electrons. The molecular formula is C12H16N2O3. The predicted molar refractivity (Wildman–Crippen MR) is 62.9 cm³/mol. The third-order valence-electron chi connectivity index (χ3n) is 2.57. The Balaban J connectivity index is 2.93. The number of nitrogens with zero attached hydrogens (tertiary/aromatic N) is 2. The van der Waals surface area contributed by atoms with Gasteiger partial charge in [-0.25, -0.2) is 0 Å². The van der Waals surface area contributed by atoms with Crippen LogP contribution in [0.2, 0.25) is 0 Å². The van der Waals surface area contributed by atoms with Gasteiger partial charge in [0.25, 0.3) is 5.56 Å². The first-order valence-electron chi connectivity index (χ1n) is 5.44. The van der Waals surface area contributed by atoms with Crippen molar-refractivity contribution < 1.29 is 9.84 Å². The molecule has 5 heteroatoms. The highest BCUT2D eigenvalue weighted by molar-refractivity contribution is 5.37. The van der Waals surface area contributed by atoms with Crippen LogP contribution in [-0.4, -0.2) is 23.4 Å². The van der Waals surface area contributed by atoms with E-state index in [1.165, 1.54) is 10.6 Å². The molecule has 0 radical (unpaired) electrons. The van der Waals surface area contributed by atoms with Crippen molar-refractivity contribution in [3.8, 4) is 11.9 Å². The first-order valence-corrected chi connectivity index (χ1v) is 5.44. The van der Waals surface area contributed by atoms with Crippen molar-refractivity contribution >= 4 is 0 Å². The number of hydrogen-bond acceptors (Lipinski definition) is 4. The summed E-state index contributed by atoms with van der Waals surface area (Å²) in [6, 6.07) is 3.30. The molecule has 1 rings (SSSR count). The number of aromatic hydroxyl groups is 1. The molecule has 1 aromatic heterocycles. The minimum absolute atomic E-state index is 0.0922. The standard InChI is InChI=1S/C12H16N2O3/c1-9-7-11(15)14(5-3-4-6-17-2)12(16)10(9)8-13/h7,15H,3-6H2,1-2H3. The third kappa shape index (κ3) is 3.08. The second-order valence-corrected chi connectivity index (χ2v) is 3.83. The van der Waals surface area contributed by atoms with Crippen LogP contribution in [-0.2, 0) is 11.3 Å². The molecule has 0 unspecified atom stereocenters. The molecule has 0 aliphatic rings. The molecule has 0 saturated heterocycles. The molecule has 1 N–H and O–H groups in total. The van der Waals surface area contributed by atoms with Gasteiger partial charge >= 0.3 is 0 Å². The highest BCUT2D eigenvalue weighted by Gasteiger charge is 2.10. The van der Waals surface area contributed by atoms with Crippen LogP contribution in [0.25, 0.3) is 0 Å². The molecule has 0 atom stereocenters. The Bertz CT molecular complexity index is 486. The summed E-state index contributed by atoms with van der Waals surface area (Å²) in [4.78, 5) is 11.9. The van der Waals surface area contributed by atoms with Gasteiger partial charge < -0.3 is 9.84 Å². The van der Waals surface area contributed by atoms with Gasteiger partial charge in [-0.1, -0.05) is 0 Å². The van der Waals surface area contributed by atoms with Crippen molar-refractivity contribution in [1.29, 1.82) is 5.26 Å². The Morgan fingerprint density at radius 1 is 1.53 bits per heavy atom. The Morgan fingerprint density at radius 2 is 2.24 bits per heavy atom. The van der Waals surface area contributed by atoms with E-state index in [1.807, 2.05) is 6.07 Å². The Hall–Kier alpha value is -1.80. The summed E-state index contributed by atoms with van der Waals surface area (Å²) in [5.74, 6) is -0.0936. The van der Waals surface area contributed by atoms with Crippen molar-refractivity contribution in [2.75, 3.05) is 13.7 Å². The molecule has 17 heavy (non-hydrogen) atoms. The fraction of sp³-hybridized carbons (Fsp3) is 0.500. The van der Waals surface area contributed by atoms with Crippen LogP contribution in [0.1, 0.15) is 24.0 Å². The number of aromatic nitrogens is 1. The van der Waals surface area contributed by atoms with E-state index >= 15 is 0 Å². The van der Waals surface area contributed by atoms with E-state index < -0.39 is 5.56 Å². The van der Waals surface area contributed by atoms with Crippen molar-refractivity contribution in [1.82, 2.24) is 4.57 Å². The highest BCUT2D eigenvalue weighted by atomic mass is 16.5. The van der Waals surface area contributed by atoms with Gasteiger partial charge in [-0.15, -0.1) is 0 Å². The zero-order chi connectivity index (χ0) is 12.8. The second-order valence-electron chi connectivity index (χ2n) is 3.83. The average molecular weight is 236 g/mol. The van der Waals surface area contributed by atoms with Crippen molar-refractivity contribution in [3.63, 3.8) is 0 Å². The first-order chi connectivity index (χ1) is 8.11. The van der Waals surface area contributed by atoms with Gasteiger partial charge in [0.05, 0.1) is 0 Å². The number of ether oxygens (including phenoxy) is 1. The van der Waals surface area contributed by atoms with Crippen LogP contribution in [0.5, 0.6) is 5.88 Å². The van der Waals surface area contributed by atoms with E-state index in [-0.39, 0.29) is 11.4 Å². The topological polar surface area (TPSA) is 75.2 Å². The summed E-state index contributed by atoms with van der Waals surface area (Å²) < 4.78 is 6.13. The molecule has 0 spiro atoms. The van der Waals surface area contributed by atoms with E-state index in [1.54, 1.807) is 14.0 Å². The number of aryl methyl sites for hydroxylation is 1. The zero-order valence-corrected chi connectivity index (χ0v) is 10.1. The molecule has 0 amide bonds. The summed E-state index contributed by atoms with van der Waals surface area (Å²) in [6.45, 7) is 2.64. The maximum absolute atomic E-state index is 11.9. The average Bonchev–Trinajstić information content (AvgIpc) is 2.28. The molecule has 0 aliphatic heterocycles. The van der Waals surface area contributed by atoms with Gasteiger partial charge in [0.1, 0.15) is 11.6 Å². The fourth-order valence-corrected chi connectivity index (χ4v) is 1.62. The molecule has 1 heterocycles. The Kier molecular flexibility index (Phi) is 4.73. The molecule has 0 fully saturated rings. The number of pyridine rings is 1. The molecule has 0 aromatic carbocycles.